The number of nitrogens with two attached hydrogens (primary N) is 1. The van der Waals surface area contributed by atoms with Gasteiger partial charge in [-0.15, -0.1) is 11.3 Å². The zero-order chi connectivity index (χ0) is 15.0. The first-order valence-corrected chi connectivity index (χ1v) is 9.18. The number of sulfonamides is 1. The molecule has 1 aliphatic heterocycles. The minimum absolute atomic E-state index is 0.0245. The number of thiophene rings is 1. The third-order valence-corrected chi connectivity index (χ3v) is 7.23. The quantitative estimate of drug-likeness (QED) is 0.932. The maximum absolute atomic E-state index is 12.6. The van der Waals surface area contributed by atoms with E-state index in [1.807, 2.05) is 30.3 Å². The fourth-order valence-electron chi connectivity index (χ4n) is 2.60. The zero-order valence-electron chi connectivity index (χ0n) is 11.1. The van der Waals surface area contributed by atoms with Crippen LogP contribution < -0.4 is 5.73 Å². The van der Waals surface area contributed by atoms with E-state index in [0.29, 0.717) is 17.4 Å². The molecule has 1 aromatic heterocycles. The molecule has 0 saturated carbocycles. The first kappa shape index (κ1) is 15.0. The van der Waals surface area contributed by atoms with E-state index in [-0.39, 0.29) is 16.2 Å². The van der Waals surface area contributed by atoms with E-state index >= 15 is 0 Å². The highest BCUT2D eigenvalue weighted by molar-refractivity contribution is 7.91. The van der Waals surface area contributed by atoms with Crippen LogP contribution in [0.1, 0.15) is 11.5 Å². The molecule has 0 amide bonds. The Kier molecular flexibility index (Phi) is 4.07. The third-order valence-electron chi connectivity index (χ3n) is 3.70. The van der Waals surface area contributed by atoms with Gasteiger partial charge in [-0.25, -0.2) is 8.42 Å². The van der Waals surface area contributed by atoms with E-state index in [1.54, 1.807) is 12.1 Å². The van der Waals surface area contributed by atoms with Gasteiger partial charge in [0.05, 0.1) is 4.34 Å². The Balaban J connectivity index is 1.86. The fraction of sp³-hybridized carbons (Fsp3) is 0.286. The first-order valence-electron chi connectivity index (χ1n) is 6.54. The number of hydrogen-bond donors (Lipinski definition) is 1. The van der Waals surface area contributed by atoms with Gasteiger partial charge in [0.1, 0.15) is 4.21 Å². The molecule has 1 aromatic carbocycles. The summed E-state index contributed by atoms with van der Waals surface area (Å²) >= 11 is 6.91. The second kappa shape index (κ2) is 5.70. The average Bonchev–Trinajstić information content (AvgIpc) is 3.07. The lowest BCUT2D eigenvalue weighted by Crippen LogP contribution is -2.31. The fourth-order valence-corrected chi connectivity index (χ4v) is 5.74. The molecule has 21 heavy (non-hydrogen) atoms. The van der Waals surface area contributed by atoms with Gasteiger partial charge in [0.25, 0.3) is 10.0 Å². The van der Waals surface area contributed by atoms with Crippen molar-refractivity contribution >= 4 is 33.0 Å². The second-order valence-corrected chi connectivity index (χ2v) is 8.94. The molecule has 4 nitrogen and oxygen atoms in total. The van der Waals surface area contributed by atoms with E-state index in [2.05, 4.69) is 0 Å². The maximum Gasteiger partial charge on any atom is 0.252 e. The van der Waals surface area contributed by atoms with Crippen LogP contribution in [-0.2, 0) is 10.0 Å². The maximum atomic E-state index is 12.6. The SMILES string of the molecule is N[C@@H]1CN(S(=O)(=O)c2ccc(Cl)s2)C[C@H]1c1ccccc1. The van der Waals surface area contributed by atoms with Gasteiger partial charge in [-0.1, -0.05) is 41.9 Å². The van der Waals surface area contributed by atoms with Crippen molar-refractivity contribution in [3.63, 3.8) is 0 Å². The summed E-state index contributed by atoms with van der Waals surface area (Å²) in [6, 6.07) is 12.7. The molecule has 0 bridgehead atoms. The van der Waals surface area contributed by atoms with Crippen molar-refractivity contribution in [2.75, 3.05) is 13.1 Å². The molecular weight excluding hydrogens is 328 g/mol. The largest absolute Gasteiger partial charge is 0.326 e. The van der Waals surface area contributed by atoms with Gasteiger partial charge in [0, 0.05) is 25.0 Å². The van der Waals surface area contributed by atoms with Gasteiger partial charge in [0.2, 0.25) is 0 Å². The highest BCUT2D eigenvalue weighted by atomic mass is 35.5. The number of halogens is 1. The smallest absolute Gasteiger partial charge is 0.252 e. The summed E-state index contributed by atoms with van der Waals surface area (Å²) in [5.41, 5.74) is 7.23. The Morgan fingerprint density at radius 3 is 2.48 bits per heavy atom. The Morgan fingerprint density at radius 1 is 1.14 bits per heavy atom. The van der Waals surface area contributed by atoms with E-state index in [0.717, 1.165) is 16.9 Å². The van der Waals surface area contributed by atoms with Crippen LogP contribution >= 0.6 is 22.9 Å². The summed E-state index contributed by atoms with van der Waals surface area (Å²) in [6.07, 6.45) is 0. The molecule has 112 valence electrons. The van der Waals surface area contributed by atoms with Gasteiger partial charge in [-0.3, -0.25) is 0 Å². The molecule has 1 saturated heterocycles. The molecule has 0 aliphatic carbocycles. The summed E-state index contributed by atoms with van der Waals surface area (Å²) in [4.78, 5) is 0. The van der Waals surface area contributed by atoms with Crippen LogP contribution in [0.3, 0.4) is 0 Å². The highest BCUT2D eigenvalue weighted by Crippen LogP contribution is 2.33. The first-order chi connectivity index (χ1) is 9.98. The lowest BCUT2D eigenvalue weighted by Gasteiger charge is -2.15. The Morgan fingerprint density at radius 2 is 1.86 bits per heavy atom. The van der Waals surface area contributed by atoms with Crippen LogP contribution in [0.5, 0.6) is 0 Å². The molecule has 3 rings (SSSR count). The van der Waals surface area contributed by atoms with Gasteiger partial charge < -0.3 is 5.73 Å². The predicted octanol–water partition coefficient (Wildman–Crippen LogP) is 2.52. The molecule has 2 N–H and O–H groups in total. The normalized spacial score (nSPS) is 23.5. The molecule has 0 radical (unpaired) electrons. The molecule has 2 aromatic rings. The van der Waals surface area contributed by atoms with Crippen LogP contribution in [0.15, 0.2) is 46.7 Å². The van der Waals surface area contributed by atoms with Crippen LogP contribution in [0.4, 0.5) is 0 Å². The molecule has 0 unspecified atom stereocenters. The number of benzene rings is 1. The predicted molar refractivity (Wildman–Crippen MR) is 85.2 cm³/mol. The van der Waals surface area contributed by atoms with Gasteiger partial charge in [0.15, 0.2) is 0 Å². The average molecular weight is 343 g/mol. The molecular formula is C14H15ClN2O2S2. The van der Waals surface area contributed by atoms with Crippen molar-refractivity contribution in [2.45, 2.75) is 16.2 Å². The lowest BCUT2D eigenvalue weighted by atomic mass is 9.95. The molecule has 2 atom stereocenters. The molecule has 2 heterocycles. The van der Waals surface area contributed by atoms with Gasteiger partial charge >= 0.3 is 0 Å². The summed E-state index contributed by atoms with van der Waals surface area (Å²) in [7, 11) is -3.50. The summed E-state index contributed by atoms with van der Waals surface area (Å²) in [5.74, 6) is 0.0245. The standard InChI is InChI=1S/C14H15ClN2O2S2/c15-13-6-7-14(20-13)21(18,19)17-8-11(12(16)9-17)10-4-2-1-3-5-10/h1-7,11-12H,8-9,16H2/t11-,12+/m0/s1. The topological polar surface area (TPSA) is 63.4 Å². The Bertz CT molecular complexity index is 730. The third kappa shape index (κ3) is 2.86. The van der Waals surface area contributed by atoms with E-state index in [1.165, 1.54) is 4.31 Å². The van der Waals surface area contributed by atoms with Crippen molar-refractivity contribution in [3.05, 3.63) is 52.4 Å². The van der Waals surface area contributed by atoms with Crippen molar-refractivity contribution < 1.29 is 8.42 Å². The second-order valence-electron chi connectivity index (χ2n) is 5.06. The highest BCUT2D eigenvalue weighted by Gasteiger charge is 2.38. The summed E-state index contributed by atoms with van der Waals surface area (Å²) in [5, 5.41) is 0. The van der Waals surface area contributed by atoms with Crippen LogP contribution in [0.2, 0.25) is 4.34 Å². The van der Waals surface area contributed by atoms with Crippen LogP contribution in [0, 0.1) is 0 Å². The molecule has 1 fully saturated rings. The molecule has 7 heteroatoms. The van der Waals surface area contributed by atoms with E-state index in [4.69, 9.17) is 17.3 Å². The van der Waals surface area contributed by atoms with Crippen LogP contribution in [0.25, 0.3) is 0 Å². The van der Waals surface area contributed by atoms with Crippen LogP contribution in [-0.4, -0.2) is 31.9 Å². The lowest BCUT2D eigenvalue weighted by molar-refractivity contribution is 0.472. The van der Waals surface area contributed by atoms with Crippen molar-refractivity contribution in [2.24, 2.45) is 5.73 Å². The Hall–Kier alpha value is -0.920. The molecule has 1 aliphatic rings. The van der Waals surface area contributed by atoms with Crippen molar-refractivity contribution in [1.29, 1.82) is 0 Å². The zero-order valence-corrected chi connectivity index (χ0v) is 13.5. The minimum Gasteiger partial charge on any atom is -0.326 e. The Labute approximate surface area is 133 Å². The minimum atomic E-state index is -3.50. The van der Waals surface area contributed by atoms with E-state index < -0.39 is 10.0 Å². The monoisotopic (exact) mass is 342 g/mol. The van der Waals surface area contributed by atoms with Crippen molar-refractivity contribution in [3.8, 4) is 0 Å². The number of hydrogen-bond acceptors (Lipinski definition) is 4. The van der Waals surface area contributed by atoms with Crippen molar-refractivity contribution in [1.82, 2.24) is 4.31 Å². The molecule has 0 spiro atoms. The summed E-state index contributed by atoms with van der Waals surface area (Å²) in [6.45, 7) is 0.737. The number of rotatable bonds is 3. The van der Waals surface area contributed by atoms with Gasteiger partial charge in [-0.05, 0) is 17.7 Å². The summed E-state index contributed by atoms with van der Waals surface area (Å²) < 4.78 is 27.4. The number of nitrogens with zero attached hydrogens (tertiary/aromatic N) is 1. The van der Waals surface area contributed by atoms with E-state index in [9.17, 15) is 8.42 Å². The van der Waals surface area contributed by atoms with Gasteiger partial charge in [-0.2, -0.15) is 4.31 Å².